The number of carbonyl (C=O) groups is 1. The van der Waals surface area contributed by atoms with Crippen LogP contribution >= 0.6 is 0 Å². The van der Waals surface area contributed by atoms with E-state index in [1.807, 2.05) is 13.0 Å². The number of rotatable bonds is 5. The van der Waals surface area contributed by atoms with Crippen LogP contribution in [0.5, 0.6) is 5.75 Å². The molecule has 0 atom stereocenters. The average molecular weight is 355 g/mol. The predicted molar refractivity (Wildman–Crippen MR) is 97.1 cm³/mol. The molecule has 0 radical (unpaired) electrons. The zero-order chi connectivity index (χ0) is 18.7. The maximum absolute atomic E-state index is 13.6. The molecular weight excluding hydrogens is 337 g/mol. The highest BCUT2D eigenvalue weighted by atomic mass is 19.1. The lowest BCUT2D eigenvalue weighted by Crippen LogP contribution is -2.17. The van der Waals surface area contributed by atoms with Crippen LogP contribution in [0.1, 0.15) is 17.5 Å². The van der Waals surface area contributed by atoms with E-state index in [4.69, 9.17) is 9.15 Å². The van der Waals surface area contributed by atoms with Gasteiger partial charge in [0.2, 0.25) is 5.91 Å². The van der Waals surface area contributed by atoms with Gasteiger partial charge in [-0.2, -0.15) is 0 Å². The Labute approximate surface area is 149 Å². The van der Waals surface area contributed by atoms with Crippen LogP contribution in [-0.4, -0.2) is 13.0 Å². The van der Waals surface area contributed by atoms with Crippen LogP contribution in [-0.2, 0) is 11.2 Å². The molecule has 3 aromatic rings. The van der Waals surface area contributed by atoms with Crippen LogP contribution in [0.2, 0.25) is 0 Å². The van der Waals surface area contributed by atoms with Gasteiger partial charge in [-0.1, -0.05) is 12.1 Å². The number of halogens is 1. The Morgan fingerprint density at radius 3 is 2.73 bits per heavy atom. The lowest BCUT2D eigenvalue weighted by Gasteiger charge is -2.09. The average Bonchev–Trinajstić information content (AvgIpc) is 2.63. The molecule has 2 aromatic carbocycles. The summed E-state index contributed by atoms with van der Waals surface area (Å²) >= 11 is 0. The van der Waals surface area contributed by atoms with Gasteiger partial charge in [0.1, 0.15) is 17.1 Å². The van der Waals surface area contributed by atoms with E-state index >= 15 is 0 Å². The molecule has 5 nitrogen and oxygen atoms in total. The van der Waals surface area contributed by atoms with Gasteiger partial charge >= 0.3 is 5.63 Å². The highest BCUT2D eigenvalue weighted by molar-refractivity contribution is 5.91. The molecule has 0 aliphatic rings. The first-order valence-corrected chi connectivity index (χ1v) is 8.14. The van der Waals surface area contributed by atoms with E-state index in [9.17, 15) is 14.0 Å². The molecule has 0 spiro atoms. The number of methoxy groups -OCH3 is 1. The summed E-state index contributed by atoms with van der Waals surface area (Å²) in [6, 6.07) is 11.2. The first-order chi connectivity index (χ1) is 12.5. The summed E-state index contributed by atoms with van der Waals surface area (Å²) in [6.07, 6.45) is 0.248. The van der Waals surface area contributed by atoms with Crippen LogP contribution in [0.4, 0.5) is 10.1 Å². The van der Waals surface area contributed by atoms with Crippen molar-refractivity contribution in [3.63, 3.8) is 0 Å². The highest BCUT2D eigenvalue weighted by Gasteiger charge is 2.14. The van der Waals surface area contributed by atoms with Gasteiger partial charge in [-0.3, -0.25) is 4.79 Å². The molecule has 1 aromatic heterocycles. The van der Waals surface area contributed by atoms with Crippen molar-refractivity contribution in [1.29, 1.82) is 0 Å². The fourth-order valence-electron chi connectivity index (χ4n) is 2.80. The number of aryl methyl sites for hydroxylation is 1. The first kappa shape index (κ1) is 17.7. The van der Waals surface area contributed by atoms with Gasteiger partial charge < -0.3 is 14.5 Å². The van der Waals surface area contributed by atoms with Gasteiger partial charge in [-0.25, -0.2) is 9.18 Å². The van der Waals surface area contributed by atoms with Crippen molar-refractivity contribution >= 4 is 22.6 Å². The molecular formula is C20H18FNO4. The number of hydrogen-bond acceptors (Lipinski definition) is 4. The number of carbonyl (C=O) groups excluding carboxylic acids is 1. The highest BCUT2D eigenvalue weighted by Crippen LogP contribution is 2.24. The van der Waals surface area contributed by atoms with E-state index in [0.717, 1.165) is 10.9 Å². The second-order valence-corrected chi connectivity index (χ2v) is 5.88. The summed E-state index contributed by atoms with van der Waals surface area (Å²) in [7, 11) is 1.54. The number of fused-ring (bicyclic) bond motifs is 1. The van der Waals surface area contributed by atoms with E-state index in [1.165, 1.54) is 19.2 Å². The lowest BCUT2D eigenvalue weighted by atomic mass is 10.0. The van der Waals surface area contributed by atoms with Gasteiger partial charge in [0, 0.05) is 23.4 Å². The van der Waals surface area contributed by atoms with Crippen LogP contribution in [0.15, 0.2) is 51.7 Å². The van der Waals surface area contributed by atoms with Gasteiger partial charge in [0.25, 0.3) is 0 Å². The number of amides is 1. The summed E-state index contributed by atoms with van der Waals surface area (Å²) in [5.74, 6) is -0.281. The SMILES string of the molecule is COc1ccc2c(C)c(CCC(=O)Nc3ccccc3F)c(=O)oc2c1. The molecule has 6 heteroatoms. The van der Waals surface area contributed by atoms with Crippen molar-refractivity contribution in [3.8, 4) is 5.75 Å². The molecule has 134 valence electrons. The monoisotopic (exact) mass is 355 g/mol. The molecule has 3 rings (SSSR count). The maximum atomic E-state index is 13.6. The normalized spacial score (nSPS) is 10.7. The number of nitrogens with one attached hydrogen (secondary N) is 1. The Bertz CT molecular complexity index is 1030. The van der Waals surface area contributed by atoms with Crippen molar-refractivity contribution < 1.29 is 18.3 Å². The summed E-state index contributed by atoms with van der Waals surface area (Å²) in [6.45, 7) is 1.82. The predicted octanol–water partition coefficient (Wildman–Crippen LogP) is 3.82. The fraction of sp³-hybridized carbons (Fsp3) is 0.200. The van der Waals surface area contributed by atoms with Gasteiger partial charge in [0.15, 0.2) is 0 Å². The fourth-order valence-corrected chi connectivity index (χ4v) is 2.80. The Morgan fingerprint density at radius 2 is 2.00 bits per heavy atom. The molecule has 26 heavy (non-hydrogen) atoms. The Kier molecular flexibility index (Phi) is 5.02. The largest absolute Gasteiger partial charge is 0.497 e. The van der Waals surface area contributed by atoms with Crippen LogP contribution in [0.3, 0.4) is 0 Å². The molecule has 1 N–H and O–H groups in total. The Balaban J connectivity index is 1.79. The maximum Gasteiger partial charge on any atom is 0.339 e. The van der Waals surface area contributed by atoms with Crippen molar-refractivity contribution in [2.75, 3.05) is 12.4 Å². The van der Waals surface area contributed by atoms with Crippen LogP contribution < -0.4 is 15.7 Å². The standard InChI is InChI=1S/C20H18FNO4/c1-12-14-8-7-13(25-2)11-18(14)26-20(24)15(12)9-10-19(23)22-17-6-4-3-5-16(17)21/h3-8,11H,9-10H2,1-2H3,(H,22,23). The second kappa shape index (κ2) is 7.39. The first-order valence-electron chi connectivity index (χ1n) is 8.14. The molecule has 0 saturated carbocycles. The molecule has 1 heterocycles. The van der Waals surface area contributed by atoms with E-state index < -0.39 is 11.4 Å². The van der Waals surface area contributed by atoms with Crippen LogP contribution in [0, 0.1) is 12.7 Å². The minimum atomic E-state index is -0.504. The summed E-state index contributed by atoms with van der Waals surface area (Å²) in [4.78, 5) is 24.4. The van der Waals surface area contributed by atoms with Crippen molar-refractivity contribution in [2.45, 2.75) is 19.8 Å². The summed E-state index contributed by atoms with van der Waals surface area (Å²) < 4.78 is 24.1. The van der Waals surface area contributed by atoms with Crippen molar-refractivity contribution in [2.24, 2.45) is 0 Å². The second-order valence-electron chi connectivity index (χ2n) is 5.88. The van der Waals surface area contributed by atoms with Crippen molar-refractivity contribution in [1.82, 2.24) is 0 Å². The third-order valence-corrected chi connectivity index (χ3v) is 4.24. The number of ether oxygens (including phenoxy) is 1. The van der Waals surface area contributed by atoms with Gasteiger partial charge in [0.05, 0.1) is 12.8 Å². The third kappa shape index (κ3) is 3.59. The Morgan fingerprint density at radius 1 is 1.23 bits per heavy atom. The zero-order valence-electron chi connectivity index (χ0n) is 14.5. The third-order valence-electron chi connectivity index (χ3n) is 4.24. The molecule has 1 amide bonds. The number of hydrogen-bond donors (Lipinski definition) is 1. The number of anilines is 1. The topological polar surface area (TPSA) is 68.5 Å². The lowest BCUT2D eigenvalue weighted by molar-refractivity contribution is -0.116. The number of para-hydroxylation sites is 1. The molecule has 0 aliphatic carbocycles. The Hall–Kier alpha value is -3.15. The van der Waals surface area contributed by atoms with Crippen molar-refractivity contribution in [3.05, 3.63) is 69.8 Å². The van der Waals surface area contributed by atoms with Gasteiger partial charge in [-0.15, -0.1) is 0 Å². The van der Waals surface area contributed by atoms with E-state index in [0.29, 0.717) is 16.9 Å². The summed E-state index contributed by atoms with van der Waals surface area (Å²) in [5.41, 5.74) is 1.27. The number of benzene rings is 2. The smallest absolute Gasteiger partial charge is 0.339 e. The molecule has 0 bridgehead atoms. The zero-order valence-corrected chi connectivity index (χ0v) is 14.5. The molecule has 0 fully saturated rings. The van der Waals surface area contributed by atoms with Crippen LogP contribution in [0.25, 0.3) is 11.0 Å². The van der Waals surface area contributed by atoms with E-state index in [2.05, 4.69) is 5.32 Å². The molecule has 0 saturated heterocycles. The quantitative estimate of drug-likeness (QED) is 0.707. The molecule has 0 aliphatic heterocycles. The summed E-state index contributed by atoms with van der Waals surface area (Å²) in [5, 5.41) is 3.30. The van der Waals surface area contributed by atoms with E-state index in [-0.39, 0.29) is 24.4 Å². The minimum Gasteiger partial charge on any atom is -0.497 e. The minimum absolute atomic E-state index is 0.0432. The van der Waals surface area contributed by atoms with E-state index in [1.54, 1.807) is 24.3 Å². The van der Waals surface area contributed by atoms with Gasteiger partial charge in [-0.05, 0) is 43.2 Å². The molecule has 0 unspecified atom stereocenters.